The normalized spacial score (nSPS) is 15.6. The Bertz CT molecular complexity index is 804. The van der Waals surface area contributed by atoms with Crippen molar-refractivity contribution in [3.8, 4) is 11.5 Å². The Morgan fingerprint density at radius 1 is 1.19 bits per heavy atom. The number of hydrogen-bond donors (Lipinski definition) is 3. The van der Waals surface area contributed by atoms with Crippen molar-refractivity contribution in [3.05, 3.63) is 47.4 Å². The molecule has 1 aromatic carbocycles. The number of urea groups is 1. The molecule has 1 aliphatic heterocycles. The predicted molar refractivity (Wildman–Crippen MR) is 96.7 cm³/mol. The zero-order valence-electron chi connectivity index (χ0n) is 15.5. The molecule has 1 unspecified atom stereocenters. The van der Waals surface area contributed by atoms with Gasteiger partial charge in [-0.2, -0.15) is 0 Å². The van der Waals surface area contributed by atoms with Crippen LogP contribution >= 0.6 is 0 Å². The van der Waals surface area contributed by atoms with Gasteiger partial charge in [0.05, 0.1) is 33.6 Å². The second-order valence-electron chi connectivity index (χ2n) is 6.39. The number of imide groups is 1. The third kappa shape index (κ3) is 4.79. The van der Waals surface area contributed by atoms with Crippen LogP contribution in [0.1, 0.15) is 16.9 Å². The first-order valence-corrected chi connectivity index (χ1v) is 8.76. The second-order valence-corrected chi connectivity index (χ2v) is 6.39. The number of nitrogens with one attached hydrogen (secondary N) is 3. The average molecular weight is 374 g/mol. The summed E-state index contributed by atoms with van der Waals surface area (Å²) in [7, 11) is 3.22. The summed E-state index contributed by atoms with van der Waals surface area (Å²) >= 11 is 0. The van der Waals surface area contributed by atoms with Crippen molar-refractivity contribution in [1.82, 2.24) is 10.6 Å². The molecule has 0 fully saturated rings. The van der Waals surface area contributed by atoms with Crippen molar-refractivity contribution in [2.45, 2.75) is 19.5 Å². The lowest BCUT2D eigenvalue weighted by Crippen LogP contribution is -3.13. The maximum absolute atomic E-state index is 12.2. The SMILES string of the molecule is COc1cc2c(cc1OC)C[NH+](CC(=O)NC(=O)NCc1ccco1)CC2. The number of amides is 3. The summed E-state index contributed by atoms with van der Waals surface area (Å²) in [5, 5.41) is 4.95. The van der Waals surface area contributed by atoms with E-state index in [4.69, 9.17) is 13.9 Å². The van der Waals surface area contributed by atoms with Crippen LogP contribution in [0.3, 0.4) is 0 Å². The zero-order valence-corrected chi connectivity index (χ0v) is 15.5. The lowest BCUT2D eigenvalue weighted by atomic mass is 9.99. The van der Waals surface area contributed by atoms with E-state index < -0.39 is 6.03 Å². The summed E-state index contributed by atoms with van der Waals surface area (Å²) in [5.74, 6) is 1.70. The number of methoxy groups -OCH3 is 2. The minimum Gasteiger partial charge on any atom is -0.493 e. The van der Waals surface area contributed by atoms with E-state index in [1.807, 2.05) is 12.1 Å². The van der Waals surface area contributed by atoms with E-state index in [9.17, 15) is 9.59 Å². The molecule has 27 heavy (non-hydrogen) atoms. The van der Waals surface area contributed by atoms with Gasteiger partial charge < -0.3 is 24.1 Å². The van der Waals surface area contributed by atoms with E-state index in [1.54, 1.807) is 26.4 Å². The van der Waals surface area contributed by atoms with Crippen molar-refractivity contribution >= 4 is 11.9 Å². The number of hydrogen-bond acceptors (Lipinski definition) is 5. The van der Waals surface area contributed by atoms with Crippen LogP contribution in [0.4, 0.5) is 4.79 Å². The lowest BCUT2D eigenvalue weighted by molar-refractivity contribution is -0.908. The standard InChI is InChI=1S/C19H23N3O5/c1-25-16-8-13-5-6-22(11-14(13)9-17(16)26-2)12-18(23)21-19(24)20-10-15-4-3-7-27-15/h3-4,7-9H,5-6,10-12H2,1-2H3,(H2,20,21,23,24)/p+1. The van der Waals surface area contributed by atoms with E-state index in [0.29, 0.717) is 23.8 Å². The van der Waals surface area contributed by atoms with Crippen LogP contribution in [0.5, 0.6) is 11.5 Å². The fourth-order valence-electron chi connectivity index (χ4n) is 3.20. The Hall–Kier alpha value is -3.00. The van der Waals surface area contributed by atoms with Crippen molar-refractivity contribution < 1.29 is 28.4 Å². The first-order chi connectivity index (χ1) is 13.1. The molecular formula is C19H24N3O5+. The number of furan rings is 1. The first kappa shape index (κ1) is 18.8. The maximum Gasteiger partial charge on any atom is 0.321 e. The molecule has 3 N–H and O–H groups in total. The van der Waals surface area contributed by atoms with Gasteiger partial charge in [-0.25, -0.2) is 4.79 Å². The van der Waals surface area contributed by atoms with Crippen LogP contribution in [0.25, 0.3) is 0 Å². The summed E-state index contributed by atoms with van der Waals surface area (Å²) in [6.45, 7) is 1.96. The molecule has 1 atom stereocenters. The highest BCUT2D eigenvalue weighted by Crippen LogP contribution is 2.31. The van der Waals surface area contributed by atoms with Gasteiger partial charge in [-0.15, -0.1) is 0 Å². The van der Waals surface area contributed by atoms with E-state index in [2.05, 4.69) is 10.6 Å². The van der Waals surface area contributed by atoms with Gasteiger partial charge in [0.2, 0.25) is 0 Å². The Balaban J connectivity index is 1.51. The summed E-state index contributed by atoms with van der Waals surface area (Å²) < 4.78 is 15.8. The molecule has 1 aliphatic rings. The molecule has 3 rings (SSSR count). The molecule has 3 amide bonds. The van der Waals surface area contributed by atoms with Crippen LogP contribution in [-0.4, -0.2) is 39.2 Å². The molecular weight excluding hydrogens is 350 g/mol. The van der Waals surface area contributed by atoms with Crippen molar-refractivity contribution in [1.29, 1.82) is 0 Å². The van der Waals surface area contributed by atoms with Crippen LogP contribution in [-0.2, 0) is 24.3 Å². The Morgan fingerprint density at radius 2 is 1.93 bits per heavy atom. The fraction of sp³-hybridized carbons (Fsp3) is 0.368. The van der Waals surface area contributed by atoms with Gasteiger partial charge >= 0.3 is 6.03 Å². The molecule has 1 aromatic heterocycles. The molecule has 2 heterocycles. The number of benzene rings is 1. The smallest absolute Gasteiger partial charge is 0.321 e. The van der Waals surface area contributed by atoms with Gasteiger partial charge in [-0.3, -0.25) is 10.1 Å². The molecule has 0 saturated heterocycles. The molecule has 144 valence electrons. The van der Waals surface area contributed by atoms with E-state index in [-0.39, 0.29) is 19.0 Å². The number of fused-ring (bicyclic) bond motifs is 1. The van der Waals surface area contributed by atoms with Crippen LogP contribution in [0.15, 0.2) is 34.9 Å². The zero-order chi connectivity index (χ0) is 19.2. The average Bonchev–Trinajstić information content (AvgIpc) is 3.18. The lowest BCUT2D eigenvalue weighted by Gasteiger charge is -2.26. The number of carbonyl (C=O) groups is 2. The highest BCUT2D eigenvalue weighted by atomic mass is 16.5. The molecule has 8 nitrogen and oxygen atoms in total. The highest BCUT2D eigenvalue weighted by molar-refractivity contribution is 5.94. The van der Waals surface area contributed by atoms with Gasteiger partial charge in [0.25, 0.3) is 5.91 Å². The maximum atomic E-state index is 12.2. The Morgan fingerprint density at radius 3 is 2.59 bits per heavy atom. The molecule has 0 bridgehead atoms. The predicted octanol–water partition coefficient (Wildman–Crippen LogP) is 0.264. The molecule has 0 spiro atoms. The van der Waals surface area contributed by atoms with Crippen molar-refractivity contribution in [3.63, 3.8) is 0 Å². The minimum atomic E-state index is -0.528. The third-order valence-electron chi connectivity index (χ3n) is 4.56. The molecule has 0 radical (unpaired) electrons. The topological polar surface area (TPSA) is 94.2 Å². The van der Waals surface area contributed by atoms with Crippen LogP contribution < -0.4 is 25.0 Å². The van der Waals surface area contributed by atoms with Gasteiger partial charge in [-0.1, -0.05) is 0 Å². The van der Waals surface area contributed by atoms with Crippen LogP contribution in [0.2, 0.25) is 0 Å². The monoisotopic (exact) mass is 374 g/mol. The number of ether oxygens (including phenoxy) is 2. The molecule has 8 heteroatoms. The summed E-state index contributed by atoms with van der Waals surface area (Å²) in [4.78, 5) is 25.1. The third-order valence-corrected chi connectivity index (χ3v) is 4.56. The molecule has 0 saturated carbocycles. The fourth-order valence-corrected chi connectivity index (χ4v) is 3.20. The largest absolute Gasteiger partial charge is 0.493 e. The molecule has 0 aliphatic carbocycles. The Kier molecular flexibility index (Phi) is 5.97. The second kappa shape index (κ2) is 8.59. The van der Waals surface area contributed by atoms with Gasteiger partial charge in [0.1, 0.15) is 12.3 Å². The quantitative estimate of drug-likeness (QED) is 0.675. The minimum absolute atomic E-state index is 0.224. The molecule has 2 aromatic rings. The van der Waals surface area contributed by atoms with Crippen LogP contribution in [0, 0.1) is 0 Å². The van der Waals surface area contributed by atoms with Gasteiger partial charge in [0, 0.05) is 12.0 Å². The summed E-state index contributed by atoms with van der Waals surface area (Å²) in [5.41, 5.74) is 2.33. The number of carbonyl (C=O) groups excluding carboxylic acids is 2. The number of quaternary nitrogens is 1. The summed E-state index contributed by atoms with van der Waals surface area (Å²) in [6, 6.07) is 6.91. The van der Waals surface area contributed by atoms with E-state index >= 15 is 0 Å². The van der Waals surface area contributed by atoms with E-state index in [1.165, 1.54) is 11.8 Å². The van der Waals surface area contributed by atoms with Crippen molar-refractivity contribution in [2.75, 3.05) is 27.3 Å². The van der Waals surface area contributed by atoms with E-state index in [0.717, 1.165) is 23.4 Å². The first-order valence-electron chi connectivity index (χ1n) is 8.76. The number of rotatable bonds is 6. The van der Waals surface area contributed by atoms with Gasteiger partial charge in [-0.05, 0) is 29.8 Å². The summed E-state index contributed by atoms with van der Waals surface area (Å²) in [6.07, 6.45) is 2.37. The van der Waals surface area contributed by atoms with Gasteiger partial charge in [0.15, 0.2) is 18.0 Å². The highest BCUT2D eigenvalue weighted by Gasteiger charge is 2.24. The Labute approximate surface area is 157 Å². The van der Waals surface area contributed by atoms with Crippen molar-refractivity contribution in [2.24, 2.45) is 0 Å².